The average molecular weight is 402 g/mol. The van der Waals surface area contributed by atoms with Gasteiger partial charge in [-0.2, -0.15) is 0 Å². The van der Waals surface area contributed by atoms with E-state index in [2.05, 4.69) is 79.8 Å². The summed E-state index contributed by atoms with van der Waals surface area (Å²) in [7, 11) is 0. The van der Waals surface area contributed by atoms with Gasteiger partial charge < -0.3 is 10.1 Å². The third-order valence-corrected chi connectivity index (χ3v) is 5.51. The van der Waals surface area contributed by atoms with Crippen LogP contribution in [0.2, 0.25) is 5.02 Å². The lowest BCUT2D eigenvalue weighted by Crippen LogP contribution is -2.04. The third-order valence-electron chi connectivity index (χ3n) is 5.28. The molecule has 0 saturated heterocycles. The Bertz CT molecular complexity index is 1150. The highest BCUT2D eigenvalue weighted by Gasteiger charge is 2.08. The maximum atomic E-state index is 6.26. The Hall–Kier alpha value is -2.97. The molecule has 4 rings (SSSR count). The van der Waals surface area contributed by atoms with Crippen LogP contribution >= 0.6 is 11.6 Å². The second-order valence-corrected chi connectivity index (χ2v) is 7.77. The summed E-state index contributed by atoms with van der Waals surface area (Å²) in [5.74, 6) is 0.846. The second-order valence-electron chi connectivity index (χ2n) is 7.33. The van der Waals surface area contributed by atoms with Gasteiger partial charge >= 0.3 is 0 Å². The molecule has 0 atom stereocenters. The maximum Gasteiger partial charge on any atom is 0.124 e. The van der Waals surface area contributed by atoms with E-state index in [-0.39, 0.29) is 0 Å². The van der Waals surface area contributed by atoms with Crippen LogP contribution in [0, 0.1) is 13.8 Å². The van der Waals surface area contributed by atoms with Crippen molar-refractivity contribution in [2.45, 2.75) is 27.0 Å². The van der Waals surface area contributed by atoms with Crippen molar-refractivity contribution in [1.29, 1.82) is 0 Å². The van der Waals surface area contributed by atoms with Crippen molar-refractivity contribution in [1.82, 2.24) is 0 Å². The zero-order valence-electron chi connectivity index (χ0n) is 16.7. The van der Waals surface area contributed by atoms with Crippen LogP contribution in [0.15, 0.2) is 78.9 Å². The number of hydrogen-bond donors (Lipinski definition) is 1. The van der Waals surface area contributed by atoms with Crippen molar-refractivity contribution in [3.8, 4) is 5.75 Å². The Labute approximate surface area is 177 Å². The molecule has 4 aromatic rings. The molecule has 1 N–H and O–H groups in total. The number of benzene rings is 4. The van der Waals surface area contributed by atoms with Crippen LogP contribution in [-0.4, -0.2) is 0 Å². The van der Waals surface area contributed by atoms with Gasteiger partial charge in [-0.05, 0) is 71.6 Å². The minimum atomic E-state index is 0.514. The molecule has 0 heterocycles. The highest BCUT2D eigenvalue weighted by Crippen LogP contribution is 2.27. The number of ether oxygens (including phenoxy) is 1. The topological polar surface area (TPSA) is 21.3 Å². The standard InChI is InChI=1S/C26H24ClNO/c1-18-10-12-24(14-19(18)2)28-16-22-15-23(27)11-13-26(22)29-17-21-8-5-7-20-6-3-4-9-25(20)21/h3-15,28H,16-17H2,1-2H3. The first-order valence-corrected chi connectivity index (χ1v) is 10.2. The van der Waals surface area contributed by atoms with Crippen molar-refractivity contribution in [3.63, 3.8) is 0 Å². The molecule has 0 unspecified atom stereocenters. The Morgan fingerprint density at radius 3 is 2.48 bits per heavy atom. The molecule has 0 spiro atoms. The maximum absolute atomic E-state index is 6.26. The smallest absolute Gasteiger partial charge is 0.124 e. The van der Waals surface area contributed by atoms with Crippen molar-refractivity contribution >= 4 is 28.1 Å². The molecular weight excluding hydrogens is 378 g/mol. The lowest BCUT2D eigenvalue weighted by Gasteiger charge is -2.15. The number of halogens is 1. The van der Waals surface area contributed by atoms with Gasteiger partial charge in [0, 0.05) is 22.8 Å². The predicted octanol–water partition coefficient (Wildman–Crippen LogP) is 7.30. The summed E-state index contributed by atoms with van der Waals surface area (Å²) >= 11 is 6.26. The lowest BCUT2D eigenvalue weighted by atomic mass is 10.1. The van der Waals surface area contributed by atoms with E-state index in [4.69, 9.17) is 16.3 Å². The summed E-state index contributed by atoms with van der Waals surface area (Å²) in [6, 6.07) is 26.9. The van der Waals surface area contributed by atoms with Crippen LogP contribution in [0.4, 0.5) is 5.69 Å². The number of rotatable bonds is 6. The molecule has 4 aromatic carbocycles. The van der Waals surface area contributed by atoms with E-state index in [9.17, 15) is 0 Å². The van der Waals surface area contributed by atoms with Gasteiger partial charge in [0.1, 0.15) is 12.4 Å². The fraction of sp³-hybridized carbons (Fsp3) is 0.154. The summed E-state index contributed by atoms with van der Waals surface area (Å²) in [6.45, 7) is 5.40. The molecule has 3 heteroatoms. The first kappa shape index (κ1) is 19.4. The van der Waals surface area contributed by atoms with Crippen LogP contribution in [0.1, 0.15) is 22.3 Å². The lowest BCUT2D eigenvalue weighted by molar-refractivity contribution is 0.305. The van der Waals surface area contributed by atoms with Gasteiger partial charge in [-0.25, -0.2) is 0 Å². The number of aryl methyl sites for hydroxylation is 2. The number of fused-ring (bicyclic) bond motifs is 1. The number of nitrogens with one attached hydrogen (secondary N) is 1. The van der Waals surface area contributed by atoms with Crippen LogP contribution in [0.3, 0.4) is 0 Å². The summed E-state index contributed by atoms with van der Waals surface area (Å²) in [5.41, 5.74) is 5.86. The zero-order valence-corrected chi connectivity index (χ0v) is 17.5. The molecular formula is C26H24ClNO. The fourth-order valence-corrected chi connectivity index (χ4v) is 3.64. The summed E-state index contributed by atoms with van der Waals surface area (Å²) in [6.07, 6.45) is 0. The molecule has 29 heavy (non-hydrogen) atoms. The van der Waals surface area contributed by atoms with Crippen molar-refractivity contribution in [2.24, 2.45) is 0 Å². The third kappa shape index (κ3) is 4.55. The summed E-state index contributed by atoms with van der Waals surface area (Å²) < 4.78 is 6.22. The zero-order chi connectivity index (χ0) is 20.2. The van der Waals surface area contributed by atoms with Crippen LogP contribution in [-0.2, 0) is 13.2 Å². The Balaban J connectivity index is 1.52. The fourth-order valence-electron chi connectivity index (χ4n) is 3.45. The molecule has 0 radical (unpaired) electrons. The molecule has 2 nitrogen and oxygen atoms in total. The first-order valence-electron chi connectivity index (χ1n) is 9.79. The molecule has 0 saturated carbocycles. The first-order chi connectivity index (χ1) is 14.1. The summed E-state index contributed by atoms with van der Waals surface area (Å²) in [4.78, 5) is 0. The average Bonchev–Trinajstić information content (AvgIpc) is 2.74. The van der Waals surface area contributed by atoms with E-state index >= 15 is 0 Å². The van der Waals surface area contributed by atoms with Crippen LogP contribution in [0.5, 0.6) is 5.75 Å². The van der Waals surface area contributed by atoms with E-state index in [1.165, 1.54) is 27.5 Å². The van der Waals surface area contributed by atoms with Crippen LogP contribution < -0.4 is 10.1 Å². The molecule has 0 bridgehead atoms. The number of hydrogen-bond acceptors (Lipinski definition) is 2. The van der Waals surface area contributed by atoms with Gasteiger partial charge in [0.15, 0.2) is 0 Å². The Morgan fingerprint density at radius 2 is 1.62 bits per heavy atom. The molecule has 0 aliphatic rings. The van der Waals surface area contributed by atoms with Crippen molar-refractivity contribution < 1.29 is 4.74 Å². The Morgan fingerprint density at radius 1 is 0.793 bits per heavy atom. The molecule has 0 amide bonds. The monoisotopic (exact) mass is 401 g/mol. The normalized spacial score (nSPS) is 10.9. The molecule has 0 aliphatic heterocycles. The van der Waals surface area contributed by atoms with E-state index in [0.717, 1.165) is 17.0 Å². The SMILES string of the molecule is Cc1ccc(NCc2cc(Cl)ccc2OCc2cccc3ccccc23)cc1C. The van der Waals surface area contributed by atoms with Gasteiger partial charge in [0.2, 0.25) is 0 Å². The molecule has 0 aliphatic carbocycles. The quantitative estimate of drug-likeness (QED) is 0.366. The largest absolute Gasteiger partial charge is 0.489 e. The minimum absolute atomic E-state index is 0.514. The molecule has 0 fully saturated rings. The molecule has 0 aromatic heterocycles. The van der Waals surface area contributed by atoms with E-state index in [1.807, 2.05) is 18.2 Å². The van der Waals surface area contributed by atoms with Gasteiger partial charge in [-0.3, -0.25) is 0 Å². The van der Waals surface area contributed by atoms with E-state index < -0.39 is 0 Å². The second kappa shape index (κ2) is 8.59. The Kier molecular flexibility index (Phi) is 5.73. The predicted molar refractivity (Wildman–Crippen MR) is 123 cm³/mol. The van der Waals surface area contributed by atoms with Crippen molar-refractivity contribution in [3.05, 3.63) is 106 Å². The van der Waals surface area contributed by atoms with Gasteiger partial charge in [0.05, 0.1) is 0 Å². The highest BCUT2D eigenvalue weighted by atomic mass is 35.5. The van der Waals surface area contributed by atoms with Crippen LogP contribution in [0.25, 0.3) is 10.8 Å². The summed E-state index contributed by atoms with van der Waals surface area (Å²) in [5, 5.41) is 6.64. The minimum Gasteiger partial charge on any atom is -0.489 e. The van der Waals surface area contributed by atoms with Gasteiger partial charge in [-0.1, -0.05) is 60.1 Å². The van der Waals surface area contributed by atoms with Gasteiger partial charge in [0.25, 0.3) is 0 Å². The van der Waals surface area contributed by atoms with Crippen molar-refractivity contribution in [2.75, 3.05) is 5.32 Å². The van der Waals surface area contributed by atoms with Gasteiger partial charge in [-0.15, -0.1) is 0 Å². The van der Waals surface area contributed by atoms with E-state index in [0.29, 0.717) is 18.2 Å². The molecule has 146 valence electrons. The number of anilines is 1. The van der Waals surface area contributed by atoms with E-state index in [1.54, 1.807) is 0 Å². The highest BCUT2D eigenvalue weighted by molar-refractivity contribution is 6.30.